The summed E-state index contributed by atoms with van der Waals surface area (Å²) >= 11 is 1.58. The summed E-state index contributed by atoms with van der Waals surface area (Å²) < 4.78 is 0. The molecular formula is C22H24N4OS. The fraction of sp³-hybridized carbons (Fsp3) is 0.273. The van der Waals surface area contributed by atoms with E-state index in [0.29, 0.717) is 17.3 Å². The van der Waals surface area contributed by atoms with Crippen molar-refractivity contribution in [1.82, 2.24) is 10.3 Å². The number of para-hydroxylation sites is 1. The molecule has 28 heavy (non-hydrogen) atoms. The van der Waals surface area contributed by atoms with Crippen LogP contribution in [-0.4, -0.2) is 28.4 Å². The number of H-pyrrole nitrogens is 1. The Hall–Kier alpha value is -2.73. The molecule has 144 valence electrons. The first kappa shape index (κ1) is 18.6. The Bertz CT molecular complexity index is 1040. The Morgan fingerprint density at radius 3 is 3.00 bits per heavy atom. The third kappa shape index (κ3) is 3.78. The molecule has 1 unspecified atom stereocenters. The molecule has 0 saturated carbocycles. The van der Waals surface area contributed by atoms with Crippen molar-refractivity contribution in [1.29, 1.82) is 0 Å². The van der Waals surface area contributed by atoms with Gasteiger partial charge in [-0.05, 0) is 49.1 Å². The van der Waals surface area contributed by atoms with Crippen molar-refractivity contribution in [3.63, 3.8) is 0 Å². The molecule has 1 atom stereocenters. The van der Waals surface area contributed by atoms with Gasteiger partial charge in [-0.1, -0.05) is 42.1 Å². The highest BCUT2D eigenvalue weighted by Crippen LogP contribution is 2.35. The van der Waals surface area contributed by atoms with Gasteiger partial charge in [-0.25, -0.2) is 0 Å². The van der Waals surface area contributed by atoms with E-state index in [1.807, 2.05) is 42.6 Å². The fourth-order valence-corrected chi connectivity index (χ4v) is 4.62. The number of aliphatic imine (C=N–C) groups is 1. The number of nitrogens with one attached hydrogen (secondary N) is 2. The number of thioether (sulfide) groups is 1. The number of nitrogens with zero attached hydrogens (tertiary/aromatic N) is 1. The minimum atomic E-state index is -0.365. The number of hydrogen-bond donors (Lipinski definition) is 3. The lowest BCUT2D eigenvalue weighted by Gasteiger charge is -2.30. The Morgan fingerprint density at radius 2 is 2.14 bits per heavy atom. The molecule has 6 heteroatoms. The van der Waals surface area contributed by atoms with E-state index in [1.165, 1.54) is 10.9 Å². The summed E-state index contributed by atoms with van der Waals surface area (Å²) in [6.07, 6.45) is 3.71. The normalized spacial score (nSPS) is 19.4. The van der Waals surface area contributed by atoms with Crippen LogP contribution in [0.1, 0.15) is 34.8 Å². The van der Waals surface area contributed by atoms with Crippen molar-refractivity contribution in [3.8, 4) is 0 Å². The third-order valence-electron chi connectivity index (χ3n) is 5.30. The fourth-order valence-electron chi connectivity index (χ4n) is 3.64. The van der Waals surface area contributed by atoms with E-state index in [-0.39, 0.29) is 11.4 Å². The van der Waals surface area contributed by atoms with Crippen LogP contribution >= 0.6 is 11.8 Å². The maximum Gasteiger partial charge on any atom is 0.251 e. The summed E-state index contributed by atoms with van der Waals surface area (Å²) in [6, 6.07) is 15.9. The van der Waals surface area contributed by atoms with Crippen molar-refractivity contribution in [2.75, 3.05) is 12.3 Å². The van der Waals surface area contributed by atoms with E-state index in [0.717, 1.165) is 29.7 Å². The van der Waals surface area contributed by atoms with Gasteiger partial charge < -0.3 is 16.0 Å². The average Bonchev–Trinajstić information content (AvgIpc) is 3.11. The number of amidine groups is 1. The van der Waals surface area contributed by atoms with Gasteiger partial charge in [-0.15, -0.1) is 0 Å². The summed E-state index contributed by atoms with van der Waals surface area (Å²) in [5.41, 5.74) is 9.58. The number of hydrogen-bond acceptors (Lipinski definition) is 4. The van der Waals surface area contributed by atoms with E-state index in [2.05, 4.69) is 34.3 Å². The maximum absolute atomic E-state index is 12.7. The second-order valence-corrected chi connectivity index (χ2v) is 8.38. The summed E-state index contributed by atoms with van der Waals surface area (Å²) in [4.78, 5) is 20.6. The number of nitrogens with two attached hydrogens (primary N) is 1. The van der Waals surface area contributed by atoms with Crippen molar-refractivity contribution < 1.29 is 4.79 Å². The van der Waals surface area contributed by atoms with Crippen LogP contribution in [0.4, 0.5) is 0 Å². The molecule has 5 nitrogen and oxygen atoms in total. The molecule has 0 bridgehead atoms. The highest BCUT2D eigenvalue weighted by atomic mass is 32.2. The molecule has 3 aromatic rings. The zero-order valence-corrected chi connectivity index (χ0v) is 16.7. The van der Waals surface area contributed by atoms with Crippen LogP contribution in [0.3, 0.4) is 0 Å². The van der Waals surface area contributed by atoms with E-state index in [9.17, 15) is 4.79 Å². The van der Waals surface area contributed by atoms with E-state index >= 15 is 0 Å². The number of carbonyl (C=O) groups excluding carboxylic acids is 1. The first-order valence-corrected chi connectivity index (χ1v) is 10.5. The van der Waals surface area contributed by atoms with Gasteiger partial charge in [0.15, 0.2) is 5.17 Å². The molecule has 1 amide bonds. The van der Waals surface area contributed by atoms with Crippen molar-refractivity contribution in [3.05, 3.63) is 71.4 Å². The first-order valence-electron chi connectivity index (χ1n) is 9.47. The number of rotatable bonds is 5. The van der Waals surface area contributed by atoms with Crippen molar-refractivity contribution >= 4 is 33.7 Å². The van der Waals surface area contributed by atoms with Crippen LogP contribution in [0.5, 0.6) is 0 Å². The van der Waals surface area contributed by atoms with Crippen molar-refractivity contribution in [2.24, 2.45) is 10.7 Å². The molecule has 1 aliphatic heterocycles. The third-order valence-corrected chi connectivity index (χ3v) is 6.09. The van der Waals surface area contributed by atoms with Gasteiger partial charge in [0.25, 0.3) is 5.91 Å². The zero-order valence-electron chi connectivity index (χ0n) is 15.9. The standard InChI is InChI=1S/C22H24N4OS/c1-22(10-12-28-21(23)26-22)17-6-4-5-15(13-17)20(27)24-11-9-16-14-25-19-8-3-2-7-18(16)19/h2-8,13-14,25H,9-12H2,1H3,(H2,23,26)(H,24,27). The van der Waals surface area contributed by atoms with E-state index in [4.69, 9.17) is 5.73 Å². The van der Waals surface area contributed by atoms with Gasteiger partial charge in [0, 0.05) is 35.0 Å². The average molecular weight is 393 g/mol. The van der Waals surface area contributed by atoms with Gasteiger partial charge in [-0.3, -0.25) is 9.79 Å². The molecule has 0 aliphatic carbocycles. The predicted octanol–water partition coefficient (Wildman–Crippen LogP) is 3.81. The molecule has 0 spiro atoms. The molecule has 1 aliphatic rings. The van der Waals surface area contributed by atoms with Gasteiger partial charge in [0.2, 0.25) is 0 Å². The Kier molecular flexibility index (Phi) is 5.13. The van der Waals surface area contributed by atoms with Crippen LogP contribution in [0.15, 0.2) is 59.7 Å². The quantitative estimate of drug-likeness (QED) is 0.617. The van der Waals surface area contributed by atoms with E-state index in [1.54, 1.807) is 11.8 Å². The van der Waals surface area contributed by atoms with E-state index < -0.39 is 0 Å². The lowest BCUT2D eigenvalue weighted by atomic mass is 9.88. The lowest BCUT2D eigenvalue weighted by Crippen LogP contribution is -2.30. The number of fused-ring (bicyclic) bond motifs is 1. The Labute approximate surface area is 168 Å². The smallest absolute Gasteiger partial charge is 0.251 e. The first-order chi connectivity index (χ1) is 13.5. The molecule has 4 rings (SSSR count). The molecule has 1 aromatic heterocycles. The van der Waals surface area contributed by atoms with Gasteiger partial charge in [0.05, 0.1) is 5.54 Å². The van der Waals surface area contributed by atoms with Gasteiger partial charge >= 0.3 is 0 Å². The Balaban J connectivity index is 1.43. The second-order valence-electron chi connectivity index (χ2n) is 7.27. The summed E-state index contributed by atoms with van der Waals surface area (Å²) in [5.74, 6) is 0.875. The molecule has 2 heterocycles. The maximum atomic E-state index is 12.7. The number of benzene rings is 2. The van der Waals surface area contributed by atoms with Crippen LogP contribution in [-0.2, 0) is 12.0 Å². The molecule has 0 saturated heterocycles. The second kappa shape index (κ2) is 7.72. The van der Waals surface area contributed by atoms with Crippen LogP contribution in [0.25, 0.3) is 10.9 Å². The molecule has 4 N–H and O–H groups in total. The molecule has 0 fully saturated rings. The topological polar surface area (TPSA) is 83.3 Å². The van der Waals surface area contributed by atoms with Crippen LogP contribution in [0.2, 0.25) is 0 Å². The number of aromatic nitrogens is 1. The predicted molar refractivity (Wildman–Crippen MR) is 117 cm³/mol. The SMILES string of the molecule is CC1(c2cccc(C(=O)NCCc3c[nH]c4ccccc34)c2)CCSC(N)=N1. The number of aromatic amines is 1. The number of amides is 1. The van der Waals surface area contributed by atoms with Crippen LogP contribution < -0.4 is 11.1 Å². The lowest BCUT2D eigenvalue weighted by molar-refractivity contribution is 0.0954. The van der Waals surface area contributed by atoms with Crippen LogP contribution in [0, 0.1) is 0 Å². The zero-order chi connectivity index (χ0) is 19.6. The Morgan fingerprint density at radius 1 is 1.29 bits per heavy atom. The summed E-state index contributed by atoms with van der Waals surface area (Å²) in [6.45, 7) is 2.66. The summed E-state index contributed by atoms with van der Waals surface area (Å²) in [5, 5.41) is 4.86. The highest BCUT2D eigenvalue weighted by Gasteiger charge is 2.29. The highest BCUT2D eigenvalue weighted by molar-refractivity contribution is 8.13. The molecular weight excluding hydrogens is 368 g/mol. The minimum Gasteiger partial charge on any atom is -0.379 e. The van der Waals surface area contributed by atoms with Gasteiger partial charge in [-0.2, -0.15) is 0 Å². The number of carbonyl (C=O) groups is 1. The largest absolute Gasteiger partial charge is 0.379 e. The van der Waals surface area contributed by atoms with Crippen molar-refractivity contribution in [2.45, 2.75) is 25.3 Å². The summed E-state index contributed by atoms with van der Waals surface area (Å²) in [7, 11) is 0. The van der Waals surface area contributed by atoms with Gasteiger partial charge in [0.1, 0.15) is 0 Å². The molecule has 2 aromatic carbocycles. The molecule has 0 radical (unpaired) electrons. The monoisotopic (exact) mass is 392 g/mol. The minimum absolute atomic E-state index is 0.0626.